The van der Waals surface area contributed by atoms with Crippen LogP contribution in [0.25, 0.3) is 0 Å². The van der Waals surface area contributed by atoms with Crippen molar-refractivity contribution >= 4 is 0 Å². The maximum Gasteiger partial charge on any atom is 0.0782 e. The van der Waals surface area contributed by atoms with E-state index in [9.17, 15) is 0 Å². The first-order valence-electron chi connectivity index (χ1n) is 4.77. The second-order valence-corrected chi connectivity index (χ2v) is 3.90. The van der Waals surface area contributed by atoms with Gasteiger partial charge in [0.25, 0.3) is 0 Å². The Balaban J connectivity index is 1.93. The summed E-state index contributed by atoms with van der Waals surface area (Å²) in [5.41, 5.74) is 6.00. The van der Waals surface area contributed by atoms with Crippen molar-refractivity contribution in [1.82, 2.24) is 0 Å². The molecule has 70 valence electrons. The zero-order chi connectivity index (χ0) is 8.60. The molecular weight excluding hydrogens is 154 g/mol. The molecule has 2 saturated heterocycles. The van der Waals surface area contributed by atoms with E-state index in [0.29, 0.717) is 12.7 Å². The third-order valence-electron chi connectivity index (χ3n) is 2.93. The average Bonchev–Trinajstić information content (AvgIpc) is 2.60. The van der Waals surface area contributed by atoms with Gasteiger partial charge in [0.2, 0.25) is 0 Å². The predicted molar refractivity (Wildman–Crippen MR) is 45.9 cm³/mol. The maximum absolute atomic E-state index is 6.18. The number of rotatable bonds is 3. The highest BCUT2D eigenvalue weighted by Gasteiger charge is 2.49. The van der Waals surface area contributed by atoms with Gasteiger partial charge in [-0.25, -0.2) is 0 Å². The maximum atomic E-state index is 6.18. The molecule has 2 aliphatic heterocycles. The van der Waals surface area contributed by atoms with Gasteiger partial charge >= 0.3 is 0 Å². The number of hydrogen-bond acceptors (Lipinski definition) is 3. The van der Waals surface area contributed by atoms with E-state index in [1.165, 1.54) is 6.42 Å². The molecule has 0 aromatic heterocycles. The number of ether oxygens (including phenoxy) is 2. The smallest absolute Gasteiger partial charge is 0.0782 e. The standard InChI is InChI=1S/C9H17NO2/c1-2-11-6-9(10)5-7-3-4-8(9)12-7/h7-8H,2-6,10H2,1H3. The quantitative estimate of drug-likeness (QED) is 0.679. The highest BCUT2D eigenvalue weighted by molar-refractivity contribution is 5.04. The van der Waals surface area contributed by atoms with E-state index in [0.717, 1.165) is 19.4 Å². The van der Waals surface area contributed by atoms with E-state index in [4.69, 9.17) is 15.2 Å². The second-order valence-electron chi connectivity index (χ2n) is 3.90. The fourth-order valence-corrected chi connectivity index (χ4v) is 2.28. The van der Waals surface area contributed by atoms with Crippen LogP contribution in [0.15, 0.2) is 0 Å². The topological polar surface area (TPSA) is 44.5 Å². The van der Waals surface area contributed by atoms with Gasteiger partial charge in [0.15, 0.2) is 0 Å². The fourth-order valence-electron chi connectivity index (χ4n) is 2.28. The number of fused-ring (bicyclic) bond motifs is 2. The van der Waals surface area contributed by atoms with Crippen molar-refractivity contribution in [2.24, 2.45) is 5.73 Å². The third kappa shape index (κ3) is 1.26. The van der Waals surface area contributed by atoms with Crippen molar-refractivity contribution < 1.29 is 9.47 Å². The number of nitrogens with two attached hydrogens (primary N) is 1. The summed E-state index contributed by atoms with van der Waals surface area (Å²) >= 11 is 0. The molecule has 0 saturated carbocycles. The number of hydrogen-bond donors (Lipinski definition) is 1. The fraction of sp³-hybridized carbons (Fsp3) is 1.00. The van der Waals surface area contributed by atoms with Crippen LogP contribution < -0.4 is 5.73 Å². The summed E-state index contributed by atoms with van der Waals surface area (Å²) < 4.78 is 11.0. The van der Waals surface area contributed by atoms with Crippen LogP contribution in [-0.4, -0.2) is 31.0 Å². The Kier molecular flexibility index (Phi) is 2.10. The molecule has 0 amide bonds. The van der Waals surface area contributed by atoms with Crippen LogP contribution in [0.4, 0.5) is 0 Å². The van der Waals surface area contributed by atoms with Crippen molar-refractivity contribution in [2.75, 3.05) is 13.2 Å². The van der Waals surface area contributed by atoms with E-state index >= 15 is 0 Å². The SMILES string of the molecule is CCOCC1(N)CC2CCC1O2. The van der Waals surface area contributed by atoms with Crippen LogP contribution in [0, 0.1) is 0 Å². The summed E-state index contributed by atoms with van der Waals surface area (Å²) in [7, 11) is 0. The Morgan fingerprint density at radius 3 is 2.92 bits per heavy atom. The van der Waals surface area contributed by atoms with Crippen LogP contribution in [0.5, 0.6) is 0 Å². The molecular formula is C9H17NO2. The van der Waals surface area contributed by atoms with Crippen LogP contribution in [-0.2, 0) is 9.47 Å². The summed E-state index contributed by atoms with van der Waals surface area (Å²) in [6.45, 7) is 3.40. The molecule has 2 fully saturated rings. The molecule has 0 aliphatic carbocycles. The van der Waals surface area contributed by atoms with Gasteiger partial charge < -0.3 is 15.2 Å². The second kappa shape index (κ2) is 2.98. The van der Waals surface area contributed by atoms with E-state index in [2.05, 4.69) is 0 Å². The Labute approximate surface area is 73.2 Å². The summed E-state index contributed by atoms with van der Waals surface area (Å²) in [5, 5.41) is 0. The van der Waals surface area contributed by atoms with Crippen LogP contribution in [0.2, 0.25) is 0 Å². The van der Waals surface area contributed by atoms with Crippen LogP contribution >= 0.6 is 0 Å². The lowest BCUT2D eigenvalue weighted by molar-refractivity contribution is 0.0406. The van der Waals surface area contributed by atoms with Crippen molar-refractivity contribution in [3.05, 3.63) is 0 Å². The molecule has 2 rings (SSSR count). The molecule has 0 spiro atoms. The van der Waals surface area contributed by atoms with E-state index in [-0.39, 0.29) is 11.6 Å². The normalized spacial score (nSPS) is 45.5. The van der Waals surface area contributed by atoms with Crippen molar-refractivity contribution in [1.29, 1.82) is 0 Å². The monoisotopic (exact) mass is 171 g/mol. The van der Waals surface area contributed by atoms with Gasteiger partial charge in [-0.15, -0.1) is 0 Å². The van der Waals surface area contributed by atoms with E-state index in [1.54, 1.807) is 0 Å². The predicted octanol–water partition coefficient (Wildman–Crippen LogP) is 0.672. The summed E-state index contributed by atoms with van der Waals surface area (Å²) in [5.74, 6) is 0. The van der Waals surface area contributed by atoms with Crippen molar-refractivity contribution in [3.8, 4) is 0 Å². The summed E-state index contributed by atoms with van der Waals surface area (Å²) in [6.07, 6.45) is 3.97. The van der Waals surface area contributed by atoms with Gasteiger partial charge in [0, 0.05) is 6.61 Å². The molecule has 3 nitrogen and oxygen atoms in total. The minimum Gasteiger partial charge on any atom is -0.380 e. The van der Waals surface area contributed by atoms with Crippen LogP contribution in [0.1, 0.15) is 26.2 Å². The highest BCUT2D eigenvalue weighted by atomic mass is 16.5. The summed E-state index contributed by atoms with van der Waals surface area (Å²) in [4.78, 5) is 0. The molecule has 2 N–H and O–H groups in total. The first-order chi connectivity index (χ1) is 5.74. The molecule has 2 aliphatic rings. The zero-order valence-corrected chi connectivity index (χ0v) is 7.58. The van der Waals surface area contributed by atoms with E-state index < -0.39 is 0 Å². The molecule has 0 aromatic rings. The Bertz CT molecular complexity index is 174. The van der Waals surface area contributed by atoms with Crippen LogP contribution in [0.3, 0.4) is 0 Å². The van der Waals surface area contributed by atoms with Gasteiger partial charge in [-0.1, -0.05) is 0 Å². The van der Waals surface area contributed by atoms with Gasteiger partial charge in [-0.3, -0.25) is 0 Å². The van der Waals surface area contributed by atoms with Gasteiger partial charge in [0.05, 0.1) is 24.4 Å². The Morgan fingerprint density at radius 2 is 2.42 bits per heavy atom. The largest absolute Gasteiger partial charge is 0.380 e. The lowest BCUT2D eigenvalue weighted by atomic mass is 9.83. The zero-order valence-electron chi connectivity index (χ0n) is 7.58. The molecule has 0 radical (unpaired) electrons. The van der Waals surface area contributed by atoms with E-state index in [1.807, 2.05) is 6.92 Å². The molecule has 3 unspecified atom stereocenters. The summed E-state index contributed by atoms with van der Waals surface area (Å²) in [6, 6.07) is 0. The van der Waals surface area contributed by atoms with Crippen molar-refractivity contribution in [2.45, 2.75) is 43.9 Å². The molecule has 3 atom stereocenters. The third-order valence-corrected chi connectivity index (χ3v) is 2.93. The average molecular weight is 171 g/mol. The Hall–Kier alpha value is -0.120. The van der Waals surface area contributed by atoms with Gasteiger partial charge in [-0.2, -0.15) is 0 Å². The molecule has 3 heteroatoms. The first kappa shape index (κ1) is 8.48. The molecule has 2 heterocycles. The molecule has 0 aromatic carbocycles. The lowest BCUT2D eigenvalue weighted by Gasteiger charge is -2.30. The van der Waals surface area contributed by atoms with Crippen molar-refractivity contribution in [3.63, 3.8) is 0 Å². The molecule has 2 bridgehead atoms. The van der Waals surface area contributed by atoms with Gasteiger partial charge in [0.1, 0.15) is 0 Å². The first-order valence-corrected chi connectivity index (χ1v) is 4.77. The minimum absolute atomic E-state index is 0.182. The molecule has 12 heavy (non-hydrogen) atoms. The van der Waals surface area contributed by atoms with Gasteiger partial charge in [-0.05, 0) is 26.2 Å². The highest BCUT2D eigenvalue weighted by Crippen LogP contribution is 2.40. The Morgan fingerprint density at radius 1 is 1.58 bits per heavy atom. The lowest BCUT2D eigenvalue weighted by Crippen LogP contribution is -2.52. The minimum atomic E-state index is -0.182.